The number of amides is 4. The van der Waals surface area contributed by atoms with Gasteiger partial charge >= 0.3 is 19.2 Å². The van der Waals surface area contributed by atoms with Crippen molar-refractivity contribution in [2.45, 2.75) is 64.6 Å². The molecule has 0 aromatic carbocycles. The van der Waals surface area contributed by atoms with Crippen molar-refractivity contribution in [2.75, 3.05) is 22.9 Å². The van der Waals surface area contributed by atoms with Crippen molar-refractivity contribution in [3.8, 4) is 0 Å². The summed E-state index contributed by atoms with van der Waals surface area (Å²) in [6.45, 7) is 9.37. The van der Waals surface area contributed by atoms with Crippen LogP contribution in [-0.2, 0) is 22.2 Å². The molecule has 2 aromatic heterocycles. The van der Waals surface area contributed by atoms with Crippen molar-refractivity contribution in [1.29, 1.82) is 0 Å². The van der Waals surface area contributed by atoms with E-state index in [1.54, 1.807) is 12.4 Å². The number of carbonyl (C=O) groups excluding carboxylic acids is 2. The summed E-state index contributed by atoms with van der Waals surface area (Å²) < 4.78 is 13.0. The van der Waals surface area contributed by atoms with Crippen LogP contribution in [0, 0.1) is 0 Å². The Labute approximate surface area is 220 Å². The van der Waals surface area contributed by atoms with Crippen LogP contribution in [0.1, 0.15) is 51.7 Å². The van der Waals surface area contributed by atoms with Gasteiger partial charge in [0.2, 0.25) is 0 Å². The molecule has 10 nitrogen and oxygen atoms in total. The van der Waals surface area contributed by atoms with E-state index in [1.165, 1.54) is 9.80 Å². The molecular formula is C24H32BBrN6O4. The van der Waals surface area contributed by atoms with Crippen LogP contribution in [0.2, 0.25) is 0 Å². The Morgan fingerprint density at radius 2 is 1.36 bits per heavy atom. The van der Waals surface area contributed by atoms with Crippen LogP contribution in [0.3, 0.4) is 0 Å². The monoisotopic (exact) mass is 558 g/mol. The van der Waals surface area contributed by atoms with E-state index in [1.807, 2.05) is 39.8 Å². The highest BCUT2D eigenvalue weighted by Gasteiger charge is 2.52. The van der Waals surface area contributed by atoms with Crippen LogP contribution < -0.4 is 26.7 Å². The fraction of sp³-hybridized carbons (Fsp3) is 0.500. The Bertz CT molecular complexity index is 1160. The first kappa shape index (κ1) is 26.4. The second-order valence-electron chi connectivity index (χ2n) is 10.2. The molecule has 0 atom stereocenters. The first-order chi connectivity index (χ1) is 16.9. The molecule has 5 rings (SSSR count). The van der Waals surface area contributed by atoms with Gasteiger partial charge in [0.05, 0.1) is 11.2 Å². The molecule has 0 bridgehead atoms. The maximum Gasteiger partial charge on any atom is 0.496 e. The molecule has 4 N–H and O–H groups in total. The SMILES string of the molecule is CC1(C)OB(c2cnc3c(c2)CCCN3C(N)=O)OC1(C)C.NC(=O)N1CCCc2cc(Br)cnc21. The molecule has 4 amide bonds. The molecule has 192 valence electrons. The molecule has 0 radical (unpaired) electrons. The Morgan fingerprint density at radius 3 is 1.86 bits per heavy atom. The maximum absolute atomic E-state index is 11.5. The van der Waals surface area contributed by atoms with E-state index in [2.05, 4.69) is 25.9 Å². The smallest absolute Gasteiger partial charge is 0.399 e. The lowest BCUT2D eigenvalue weighted by atomic mass is 9.79. The zero-order valence-electron chi connectivity index (χ0n) is 21.1. The molecule has 0 unspecified atom stereocenters. The van der Waals surface area contributed by atoms with Gasteiger partial charge in [-0.1, -0.05) is 6.07 Å². The van der Waals surface area contributed by atoms with Crippen molar-refractivity contribution in [1.82, 2.24) is 9.97 Å². The third-order valence-electron chi connectivity index (χ3n) is 7.10. The highest BCUT2D eigenvalue weighted by Crippen LogP contribution is 2.37. The largest absolute Gasteiger partial charge is 0.496 e. The average Bonchev–Trinajstić information content (AvgIpc) is 3.04. The highest BCUT2D eigenvalue weighted by molar-refractivity contribution is 9.10. The average molecular weight is 559 g/mol. The third kappa shape index (κ3) is 5.21. The number of primary amides is 2. The van der Waals surface area contributed by atoms with Crippen molar-refractivity contribution in [3.63, 3.8) is 0 Å². The second kappa shape index (κ2) is 9.99. The first-order valence-corrected chi connectivity index (χ1v) is 12.8. The molecule has 0 saturated carbocycles. The van der Waals surface area contributed by atoms with Crippen LogP contribution in [0.25, 0.3) is 0 Å². The van der Waals surface area contributed by atoms with Crippen LogP contribution >= 0.6 is 15.9 Å². The number of rotatable bonds is 1. The summed E-state index contributed by atoms with van der Waals surface area (Å²) in [5, 5.41) is 0. The number of hydrogen-bond donors (Lipinski definition) is 2. The number of nitrogens with two attached hydrogens (primary N) is 2. The van der Waals surface area contributed by atoms with Crippen molar-refractivity contribution >= 4 is 52.2 Å². The minimum absolute atomic E-state index is 0.382. The normalized spacial score (nSPS) is 19.6. The summed E-state index contributed by atoms with van der Waals surface area (Å²) in [5.41, 5.74) is 12.9. The van der Waals surface area contributed by atoms with Crippen LogP contribution in [0.4, 0.5) is 21.2 Å². The predicted octanol–water partition coefficient (Wildman–Crippen LogP) is 2.89. The molecule has 12 heteroatoms. The summed E-state index contributed by atoms with van der Waals surface area (Å²) in [7, 11) is -0.438. The second-order valence-corrected chi connectivity index (χ2v) is 11.1. The number of hydrogen-bond acceptors (Lipinski definition) is 6. The number of aromatic nitrogens is 2. The lowest BCUT2D eigenvalue weighted by molar-refractivity contribution is 0.00578. The Balaban J connectivity index is 0.000000187. The van der Waals surface area contributed by atoms with Crippen molar-refractivity contribution in [3.05, 3.63) is 40.1 Å². The lowest BCUT2D eigenvalue weighted by Gasteiger charge is -2.32. The Kier molecular flexibility index (Phi) is 7.31. The number of anilines is 2. The number of aryl methyl sites for hydroxylation is 2. The molecule has 1 fully saturated rings. The summed E-state index contributed by atoms with van der Waals surface area (Å²) in [6, 6.07) is 3.11. The summed E-state index contributed by atoms with van der Waals surface area (Å²) >= 11 is 3.35. The number of urea groups is 2. The molecule has 5 heterocycles. The van der Waals surface area contributed by atoms with E-state index in [0.29, 0.717) is 24.7 Å². The van der Waals surface area contributed by atoms with Gasteiger partial charge < -0.3 is 20.8 Å². The van der Waals surface area contributed by atoms with Gasteiger partial charge in [-0.2, -0.15) is 0 Å². The van der Waals surface area contributed by atoms with Crippen LogP contribution in [-0.4, -0.2) is 53.4 Å². The quantitative estimate of drug-likeness (QED) is 0.516. The number of fused-ring (bicyclic) bond motifs is 2. The van der Waals surface area contributed by atoms with Crippen LogP contribution in [0.5, 0.6) is 0 Å². The van der Waals surface area contributed by atoms with Gasteiger partial charge in [0.1, 0.15) is 11.6 Å². The fourth-order valence-electron chi connectivity index (χ4n) is 4.45. The molecule has 36 heavy (non-hydrogen) atoms. The molecular weight excluding hydrogens is 527 g/mol. The van der Waals surface area contributed by atoms with E-state index in [4.69, 9.17) is 20.8 Å². The third-order valence-corrected chi connectivity index (χ3v) is 7.53. The Morgan fingerprint density at radius 1 is 0.889 bits per heavy atom. The zero-order valence-corrected chi connectivity index (χ0v) is 22.7. The molecule has 0 aliphatic carbocycles. The summed E-state index contributed by atoms with van der Waals surface area (Å²) in [5.74, 6) is 1.35. The van der Waals surface area contributed by atoms with Gasteiger partial charge in [-0.05, 0) is 86.5 Å². The zero-order chi connectivity index (χ0) is 26.3. The van der Waals surface area contributed by atoms with E-state index in [0.717, 1.165) is 46.7 Å². The lowest BCUT2D eigenvalue weighted by Crippen LogP contribution is -2.41. The molecule has 3 aliphatic rings. The minimum atomic E-state index is -0.461. The number of carbonyl (C=O) groups is 2. The van der Waals surface area contributed by atoms with E-state index < -0.39 is 19.2 Å². The van der Waals surface area contributed by atoms with Gasteiger partial charge in [0.15, 0.2) is 0 Å². The minimum Gasteiger partial charge on any atom is -0.399 e. The van der Waals surface area contributed by atoms with Crippen molar-refractivity contribution < 1.29 is 18.9 Å². The van der Waals surface area contributed by atoms with Gasteiger partial charge in [-0.15, -0.1) is 0 Å². The fourth-order valence-corrected chi connectivity index (χ4v) is 4.83. The standard InChI is InChI=1S/C15H22BN3O3.C9H10BrN3O/c1-14(2)15(3,4)22-16(21-14)11-8-10-6-5-7-19(13(17)20)12(10)18-9-11;10-7-4-6-2-1-3-13(9(11)14)8(6)12-5-7/h8-9H,5-7H2,1-4H3,(H2,17,20);4-5H,1-3H2,(H2,11,14). The maximum atomic E-state index is 11.5. The summed E-state index contributed by atoms with van der Waals surface area (Å²) in [6.07, 6.45) is 7.03. The highest BCUT2D eigenvalue weighted by atomic mass is 79.9. The van der Waals surface area contributed by atoms with Crippen LogP contribution in [0.15, 0.2) is 29.0 Å². The van der Waals surface area contributed by atoms with Gasteiger partial charge in [-0.25, -0.2) is 19.6 Å². The number of nitrogens with zero attached hydrogens (tertiary/aromatic N) is 4. The molecule has 0 spiro atoms. The Hall–Kier alpha value is -2.70. The summed E-state index contributed by atoms with van der Waals surface area (Å²) in [4.78, 5) is 34.3. The molecule has 3 aliphatic heterocycles. The van der Waals surface area contributed by atoms with Gasteiger partial charge in [0.25, 0.3) is 0 Å². The first-order valence-electron chi connectivity index (χ1n) is 12.0. The number of pyridine rings is 2. The molecule has 2 aromatic rings. The van der Waals surface area contributed by atoms with E-state index in [9.17, 15) is 9.59 Å². The number of halogens is 1. The van der Waals surface area contributed by atoms with Gasteiger partial charge in [0, 0.05) is 35.4 Å². The van der Waals surface area contributed by atoms with Crippen molar-refractivity contribution in [2.24, 2.45) is 11.5 Å². The van der Waals surface area contributed by atoms with E-state index in [-0.39, 0.29) is 11.2 Å². The topological polar surface area (TPSA) is 137 Å². The predicted molar refractivity (Wildman–Crippen MR) is 142 cm³/mol. The van der Waals surface area contributed by atoms with Gasteiger partial charge in [-0.3, -0.25) is 9.80 Å². The molecule has 1 saturated heterocycles. The van der Waals surface area contributed by atoms with E-state index >= 15 is 0 Å².